The molecular weight excluding hydrogens is 414 g/mol. The van der Waals surface area contributed by atoms with E-state index in [1.54, 1.807) is 27.0 Å². The van der Waals surface area contributed by atoms with Gasteiger partial charge < -0.3 is 19.4 Å². The summed E-state index contributed by atoms with van der Waals surface area (Å²) in [6.07, 6.45) is 4.53. The third kappa shape index (κ3) is 5.83. The van der Waals surface area contributed by atoms with Gasteiger partial charge in [-0.15, -0.1) is 11.3 Å². The minimum atomic E-state index is -0.585. The Balaban J connectivity index is 2.17. The topological polar surface area (TPSA) is 99.5 Å². The largest absolute Gasteiger partial charge is 0.462 e. The fraction of sp³-hybridized carbons (Fsp3) is 0.474. The quantitative estimate of drug-likeness (QED) is 0.444. The number of ether oxygens (including phenoxy) is 2. The molecule has 0 fully saturated rings. The minimum absolute atomic E-state index is 0.120. The predicted molar refractivity (Wildman–Crippen MR) is 113 cm³/mol. The second kappa shape index (κ2) is 11.0. The first kappa shape index (κ1) is 23.0. The molecule has 0 aliphatic heterocycles. The Bertz CT molecular complexity index is 875. The van der Waals surface area contributed by atoms with Gasteiger partial charge in [-0.1, -0.05) is 18.7 Å². The zero-order valence-corrected chi connectivity index (χ0v) is 18.6. The molecule has 0 bridgehead atoms. The molecule has 8 nitrogen and oxygen atoms in total. The van der Waals surface area contributed by atoms with E-state index in [4.69, 9.17) is 9.47 Å². The number of carbonyl (C=O) groups excluding carboxylic acids is 3. The normalized spacial score (nSPS) is 10.6. The molecule has 0 aliphatic rings. The number of carbonyl (C=O) groups is 3. The average Bonchev–Trinajstić information content (AvgIpc) is 3.25. The molecule has 158 valence electrons. The number of amides is 1. The standard InChI is InChI=1S/C19H25N3O5S2/c1-5-9-22-10-8-20-19(22)28-11-13(23)21-16-14(17(24)26-6-2)12(4)15(29-16)18(25)27-7-3/h8,10H,5-7,9,11H2,1-4H3,(H,21,23). The molecule has 0 saturated heterocycles. The molecule has 0 atom stereocenters. The van der Waals surface area contributed by atoms with Crippen molar-refractivity contribution in [2.45, 2.75) is 45.8 Å². The molecule has 2 heterocycles. The lowest BCUT2D eigenvalue weighted by Gasteiger charge is -2.08. The first-order valence-electron chi connectivity index (χ1n) is 9.34. The Hall–Kier alpha value is -2.33. The highest BCUT2D eigenvalue weighted by Gasteiger charge is 2.27. The van der Waals surface area contributed by atoms with Crippen molar-refractivity contribution in [1.82, 2.24) is 9.55 Å². The van der Waals surface area contributed by atoms with Gasteiger partial charge >= 0.3 is 11.9 Å². The lowest BCUT2D eigenvalue weighted by molar-refractivity contribution is -0.113. The lowest BCUT2D eigenvalue weighted by atomic mass is 10.1. The van der Waals surface area contributed by atoms with E-state index < -0.39 is 11.9 Å². The SMILES string of the molecule is CCCn1ccnc1SCC(=O)Nc1sc(C(=O)OCC)c(C)c1C(=O)OCC. The second-order valence-corrected chi connectivity index (χ2v) is 7.90. The summed E-state index contributed by atoms with van der Waals surface area (Å²) in [6, 6.07) is 0. The number of nitrogens with one attached hydrogen (secondary N) is 1. The van der Waals surface area contributed by atoms with E-state index >= 15 is 0 Å². The number of aromatic nitrogens is 2. The van der Waals surface area contributed by atoms with Gasteiger partial charge in [-0.05, 0) is 32.8 Å². The summed E-state index contributed by atoms with van der Waals surface area (Å²) in [4.78, 5) is 41.6. The highest BCUT2D eigenvalue weighted by Crippen LogP contribution is 2.34. The maximum absolute atomic E-state index is 12.5. The van der Waals surface area contributed by atoms with Gasteiger partial charge in [0.1, 0.15) is 9.88 Å². The number of thiophene rings is 1. The first-order valence-corrected chi connectivity index (χ1v) is 11.1. The van der Waals surface area contributed by atoms with Crippen LogP contribution < -0.4 is 5.32 Å². The average molecular weight is 440 g/mol. The van der Waals surface area contributed by atoms with Crippen LogP contribution in [-0.2, 0) is 20.8 Å². The van der Waals surface area contributed by atoms with Crippen LogP contribution in [0.4, 0.5) is 5.00 Å². The van der Waals surface area contributed by atoms with Crippen LogP contribution in [0.1, 0.15) is 52.8 Å². The molecule has 10 heteroatoms. The van der Waals surface area contributed by atoms with Gasteiger partial charge in [-0.25, -0.2) is 14.6 Å². The van der Waals surface area contributed by atoms with Gasteiger partial charge in [0.25, 0.3) is 0 Å². The van der Waals surface area contributed by atoms with E-state index in [9.17, 15) is 14.4 Å². The van der Waals surface area contributed by atoms with Gasteiger partial charge in [-0.2, -0.15) is 0 Å². The molecule has 0 spiro atoms. The number of imidazole rings is 1. The third-order valence-corrected chi connectivity index (χ3v) is 6.01. The van der Waals surface area contributed by atoms with E-state index in [1.807, 2.05) is 10.8 Å². The van der Waals surface area contributed by atoms with Crippen LogP contribution in [0, 0.1) is 6.92 Å². The highest BCUT2D eigenvalue weighted by molar-refractivity contribution is 7.99. The summed E-state index contributed by atoms with van der Waals surface area (Å²) in [6.45, 7) is 8.33. The van der Waals surface area contributed by atoms with Gasteiger partial charge in [0.15, 0.2) is 5.16 Å². The van der Waals surface area contributed by atoms with Gasteiger partial charge in [0, 0.05) is 18.9 Å². The number of anilines is 1. The summed E-state index contributed by atoms with van der Waals surface area (Å²) >= 11 is 2.32. The van der Waals surface area contributed by atoms with Crippen LogP contribution in [0.5, 0.6) is 0 Å². The van der Waals surface area contributed by atoms with Crippen LogP contribution in [0.25, 0.3) is 0 Å². The van der Waals surface area contributed by atoms with Crippen molar-refractivity contribution in [2.24, 2.45) is 0 Å². The fourth-order valence-corrected chi connectivity index (χ4v) is 4.47. The van der Waals surface area contributed by atoms with E-state index in [0.29, 0.717) is 5.56 Å². The summed E-state index contributed by atoms with van der Waals surface area (Å²) in [5, 5.41) is 3.77. The number of rotatable bonds is 10. The Morgan fingerprint density at radius 2 is 1.86 bits per heavy atom. The number of hydrogen-bond donors (Lipinski definition) is 1. The maximum Gasteiger partial charge on any atom is 0.348 e. The maximum atomic E-state index is 12.5. The van der Waals surface area contributed by atoms with E-state index in [0.717, 1.165) is 29.5 Å². The summed E-state index contributed by atoms with van der Waals surface area (Å²) in [5.74, 6) is -1.30. The van der Waals surface area contributed by atoms with Crippen molar-refractivity contribution < 1.29 is 23.9 Å². The Kier molecular flexibility index (Phi) is 8.71. The number of nitrogens with zero attached hydrogens (tertiary/aromatic N) is 2. The monoisotopic (exact) mass is 439 g/mol. The van der Waals surface area contributed by atoms with Crippen molar-refractivity contribution in [2.75, 3.05) is 24.3 Å². The predicted octanol–water partition coefficient (Wildman–Crippen LogP) is 3.75. The van der Waals surface area contributed by atoms with Crippen molar-refractivity contribution in [3.8, 4) is 0 Å². The number of thioether (sulfide) groups is 1. The lowest BCUT2D eigenvalue weighted by Crippen LogP contribution is -2.17. The van der Waals surface area contributed by atoms with Gasteiger partial charge in [0.2, 0.25) is 5.91 Å². The first-order chi connectivity index (χ1) is 13.9. The number of hydrogen-bond acceptors (Lipinski definition) is 8. The van der Waals surface area contributed by atoms with E-state index in [1.165, 1.54) is 11.8 Å². The molecule has 0 aromatic carbocycles. The van der Waals surface area contributed by atoms with E-state index in [-0.39, 0.29) is 40.3 Å². The molecule has 1 amide bonds. The third-order valence-electron chi connectivity index (χ3n) is 3.81. The Morgan fingerprint density at radius 1 is 1.17 bits per heavy atom. The molecule has 29 heavy (non-hydrogen) atoms. The molecule has 2 aromatic heterocycles. The second-order valence-electron chi connectivity index (χ2n) is 5.94. The number of esters is 2. The molecule has 0 saturated carbocycles. The summed E-state index contributed by atoms with van der Waals surface area (Å²) in [7, 11) is 0. The fourth-order valence-electron chi connectivity index (χ4n) is 2.58. The summed E-state index contributed by atoms with van der Waals surface area (Å²) in [5.41, 5.74) is 0.624. The smallest absolute Gasteiger partial charge is 0.348 e. The highest BCUT2D eigenvalue weighted by atomic mass is 32.2. The zero-order chi connectivity index (χ0) is 21.4. The molecule has 1 N–H and O–H groups in total. The minimum Gasteiger partial charge on any atom is -0.462 e. The molecular formula is C19H25N3O5S2. The van der Waals surface area contributed by atoms with E-state index in [2.05, 4.69) is 17.2 Å². The zero-order valence-electron chi connectivity index (χ0n) is 16.9. The van der Waals surface area contributed by atoms with Crippen molar-refractivity contribution in [3.63, 3.8) is 0 Å². The molecule has 0 aliphatic carbocycles. The van der Waals surface area contributed by atoms with Crippen molar-refractivity contribution >= 4 is 45.9 Å². The molecule has 0 unspecified atom stereocenters. The summed E-state index contributed by atoms with van der Waals surface area (Å²) < 4.78 is 12.1. The number of aryl methyl sites for hydroxylation is 1. The molecule has 2 rings (SSSR count). The van der Waals surface area contributed by atoms with Crippen LogP contribution in [0.2, 0.25) is 0 Å². The Morgan fingerprint density at radius 3 is 2.52 bits per heavy atom. The van der Waals surface area contributed by atoms with Gasteiger partial charge in [-0.3, -0.25) is 4.79 Å². The Labute approximate surface area is 178 Å². The molecule has 0 radical (unpaired) electrons. The van der Waals surface area contributed by atoms with Crippen LogP contribution in [-0.4, -0.2) is 46.4 Å². The van der Waals surface area contributed by atoms with Crippen LogP contribution in [0.3, 0.4) is 0 Å². The van der Waals surface area contributed by atoms with Crippen LogP contribution in [0.15, 0.2) is 17.6 Å². The van der Waals surface area contributed by atoms with Crippen molar-refractivity contribution in [3.05, 3.63) is 28.4 Å². The van der Waals surface area contributed by atoms with Crippen molar-refractivity contribution in [1.29, 1.82) is 0 Å². The molecule has 2 aromatic rings. The van der Waals surface area contributed by atoms with Gasteiger partial charge in [0.05, 0.1) is 24.5 Å². The van der Waals surface area contributed by atoms with Crippen LogP contribution >= 0.6 is 23.1 Å².